The van der Waals surface area contributed by atoms with Crippen molar-refractivity contribution in [1.29, 1.82) is 0 Å². The molecule has 1 heterocycles. The highest BCUT2D eigenvalue weighted by Crippen LogP contribution is 1.99. The Balaban J connectivity index is 2.15. The molecule has 0 fully saturated rings. The van der Waals surface area contributed by atoms with Gasteiger partial charge in [-0.15, -0.1) is 0 Å². The maximum atomic E-state index is 5.39. The van der Waals surface area contributed by atoms with Gasteiger partial charge in [0.15, 0.2) is 6.29 Å². The van der Waals surface area contributed by atoms with Crippen molar-refractivity contribution in [3.05, 3.63) is 24.2 Å². The van der Waals surface area contributed by atoms with Crippen molar-refractivity contribution in [1.82, 2.24) is 5.32 Å². The highest BCUT2D eigenvalue weighted by atomic mass is 16.7. The fourth-order valence-electron chi connectivity index (χ4n) is 1.27. The molecule has 0 saturated heterocycles. The van der Waals surface area contributed by atoms with Crippen LogP contribution < -0.4 is 5.32 Å². The molecule has 0 aliphatic heterocycles. The summed E-state index contributed by atoms with van der Waals surface area (Å²) in [6.45, 7) is 6.71. The van der Waals surface area contributed by atoms with E-state index in [9.17, 15) is 0 Å². The summed E-state index contributed by atoms with van der Waals surface area (Å²) in [5.41, 5.74) is 1.13. The van der Waals surface area contributed by atoms with Gasteiger partial charge in [0, 0.05) is 31.9 Å². The van der Waals surface area contributed by atoms with Crippen LogP contribution in [0.4, 0.5) is 0 Å². The molecule has 0 bridgehead atoms. The van der Waals surface area contributed by atoms with Crippen molar-refractivity contribution in [2.75, 3.05) is 19.8 Å². The molecule has 0 aliphatic carbocycles. The third-order valence-electron chi connectivity index (χ3n) is 1.93. The van der Waals surface area contributed by atoms with Gasteiger partial charge in [-0.2, -0.15) is 0 Å². The summed E-state index contributed by atoms with van der Waals surface area (Å²) >= 11 is 0. The van der Waals surface area contributed by atoms with Gasteiger partial charge in [0.2, 0.25) is 0 Å². The van der Waals surface area contributed by atoms with Crippen LogP contribution in [0.3, 0.4) is 0 Å². The lowest BCUT2D eigenvalue weighted by atomic mass is 10.3. The molecule has 1 aromatic rings. The SMILES string of the molecule is CCOC(CNCc1ccoc1)OCC. The predicted octanol–water partition coefficient (Wildman–Crippen LogP) is 1.77. The summed E-state index contributed by atoms with van der Waals surface area (Å²) < 4.78 is 15.8. The van der Waals surface area contributed by atoms with E-state index in [0.717, 1.165) is 12.1 Å². The standard InChI is InChI=1S/C11H19NO3/c1-3-14-11(15-4-2)8-12-7-10-5-6-13-9-10/h5-6,9,11-12H,3-4,7-8H2,1-2H3. The van der Waals surface area contributed by atoms with Gasteiger partial charge in [0.25, 0.3) is 0 Å². The Hall–Kier alpha value is -0.840. The Morgan fingerprint density at radius 2 is 2.07 bits per heavy atom. The lowest BCUT2D eigenvalue weighted by Gasteiger charge is -2.17. The summed E-state index contributed by atoms with van der Waals surface area (Å²) in [5, 5.41) is 3.25. The van der Waals surface area contributed by atoms with Crippen LogP contribution in [0.1, 0.15) is 19.4 Å². The van der Waals surface area contributed by atoms with E-state index >= 15 is 0 Å². The van der Waals surface area contributed by atoms with Gasteiger partial charge >= 0.3 is 0 Å². The Morgan fingerprint density at radius 1 is 1.33 bits per heavy atom. The second-order valence-electron chi connectivity index (χ2n) is 3.10. The quantitative estimate of drug-likeness (QED) is 0.668. The van der Waals surface area contributed by atoms with E-state index in [2.05, 4.69) is 5.32 Å². The van der Waals surface area contributed by atoms with E-state index in [1.165, 1.54) is 0 Å². The van der Waals surface area contributed by atoms with E-state index in [0.29, 0.717) is 19.8 Å². The summed E-state index contributed by atoms with van der Waals surface area (Å²) in [6, 6.07) is 1.93. The van der Waals surface area contributed by atoms with Crippen molar-refractivity contribution >= 4 is 0 Å². The molecule has 1 rings (SSSR count). The highest BCUT2D eigenvalue weighted by Gasteiger charge is 2.06. The molecule has 86 valence electrons. The minimum Gasteiger partial charge on any atom is -0.472 e. The van der Waals surface area contributed by atoms with Crippen molar-refractivity contribution in [2.45, 2.75) is 26.7 Å². The summed E-state index contributed by atoms with van der Waals surface area (Å²) in [5.74, 6) is 0. The Morgan fingerprint density at radius 3 is 2.60 bits per heavy atom. The van der Waals surface area contributed by atoms with Gasteiger partial charge in [-0.25, -0.2) is 0 Å². The van der Waals surface area contributed by atoms with Crippen molar-refractivity contribution in [2.24, 2.45) is 0 Å². The minimum atomic E-state index is -0.160. The molecule has 0 radical (unpaired) electrons. The normalized spacial score (nSPS) is 11.1. The van der Waals surface area contributed by atoms with Crippen LogP contribution in [0.15, 0.2) is 23.0 Å². The van der Waals surface area contributed by atoms with Crippen LogP contribution in [0, 0.1) is 0 Å². The topological polar surface area (TPSA) is 43.6 Å². The molecule has 0 aromatic carbocycles. The number of hydrogen-bond acceptors (Lipinski definition) is 4. The van der Waals surface area contributed by atoms with Crippen LogP contribution in [0.25, 0.3) is 0 Å². The first kappa shape index (κ1) is 12.2. The zero-order valence-corrected chi connectivity index (χ0v) is 9.36. The molecule has 4 heteroatoms. The second-order valence-corrected chi connectivity index (χ2v) is 3.10. The van der Waals surface area contributed by atoms with E-state index in [4.69, 9.17) is 13.9 Å². The maximum absolute atomic E-state index is 5.39. The zero-order valence-electron chi connectivity index (χ0n) is 9.36. The molecule has 1 aromatic heterocycles. The summed E-state index contributed by atoms with van der Waals surface area (Å²) in [7, 11) is 0. The Kier molecular flexibility index (Phi) is 6.08. The third kappa shape index (κ3) is 4.97. The van der Waals surface area contributed by atoms with Crippen molar-refractivity contribution in [3.63, 3.8) is 0 Å². The average Bonchev–Trinajstić information content (AvgIpc) is 2.71. The molecule has 1 N–H and O–H groups in total. The highest BCUT2D eigenvalue weighted by molar-refractivity contribution is 5.04. The summed E-state index contributed by atoms with van der Waals surface area (Å²) in [6.07, 6.45) is 3.23. The zero-order chi connectivity index (χ0) is 10.9. The van der Waals surface area contributed by atoms with Gasteiger partial charge < -0.3 is 19.2 Å². The fraction of sp³-hybridized carbons (Fsp3) is 0.636. The minimum absolute atomic E-state index is 0.160. The number of hydrogen-bond donors (Lipinski definition) is 1. The lowest BCUT2D eigenvalue weighted by Crippen LogP contribution is -2.31. The molecule has 0 atom stereocenters. The van der Waals surface area contributed by atoms with Gasteiger partial charge in [-0.1, -0.05) is 0 Å². The monoisotopic (exact) mass is 213 g/mol. The van der Waals surface area contributed by atoms with Crippen LogP contribution >= 0.6 is 0 Å². The molecule has 0 amide bonds. The van der Waals surface area contributed by atoms with Crippen LogP contribution in [-0.4, -0.2) is 26.0 Å². The largest absolute Gasteiger partial charge is 0.472 e. The molecule has 0 saturated carbocycles. The number of ether oxygens (including phenoxy) is 2. The first-order valence-electron chi connectivity index (χ1n) is 5.31. The molecular weight excluding hydrogens is 194 g/mol. The molecule has 4 nitrogen and oxygen atoms in total. The first-order valence-corrected chi connectivity index (χ1v) is 5.31. The third-order valence-corrected chi connectivity index (χ3v) is 1.93. The van der Waals surface area contributed by atoms with Gasteiger partial charge in [0.1, 0.15) is 0 Å². The molecular formula is C11H19NO3. The molecule has 0 aliphatic rings. The lowest BCUT2D eigenvalue weighted by molar-refractivity contribution is -0.133. The van der Waals surface area contributed by atoms with Crippen LogP contribution in [0.5, 0.6) is 0 Å². The molecule has 0 spiro atoms. The van der Waals surface area contributed by atoms with Gasteiger partial charge in [-0.05, 0) is 19.9 Å². The molecule has 15 heavy (non-hydrogen) atoms. The number of nitrogens with one attached hydrogen (secondary N) is 1. The van der Waals surface area contributed by atoms with E-state index < -0.39 is 0 Å². The Labute approximate surface area is 90.6 Å². The number of rotatable bonds is 8. The van der Waals surface area contributed by atoms with E-state index in [1.54, 1.807) is 12.5 Å². The van der Waals surface area contributed by atoms with Crippen LogP contribution in [0.2, 0.25) is 0 Å². The van der Waals surface area contributed by atoms with Gasteiger partial charge in [0.05, 0.1) is 12.5 Å². The van der Waals surface area contributed by atoms with E-state index in [1.807, 2.05) is 19.9 Å². The smallest absolute Gasteiger partial charge is 0.169 e. The first-order chi connectivity index (χ1) is 7.36. The second kappa shape index (κ2) is 7.45. The van der Waals surface area contributed by atoms with Crippen molar-refractivity contribution in [3.8, 4) is 0 Å². The maximum Gasteiger partial charge on any atom is 0.169 e. The van der Waals surface area contributed by atoms with Gasteiger partial charge in [-0.3, -0.25) is 0 Å². The van der Waals surface area contributed by atoms with Crippen LogP contribution in [-0.2, 0) is 16.0 Å². The Bertz CT molecular complexity index is 230. The number of furan rings is 1. The summed E-state index contributed by atoms with van der Waals surface area (Å²) in [4.78, 5) is 0. The fourth-order valence-corrected chi connectivity index (χ4v) is 1.27. The predicted molar refractivity (Wildman–Crippen MR) is 57.5 cm³/mol. The van der Waals surface area contributed by atoms with E-state index in [-0.39, 0.29) is 6.29 Å². The average molecular weight is 213 g/mol. The molecule has 0 unspecified atom stereocenters. The van der Waals surface area contributed by atoms with Crippen molar-refractivity contribution < 1.29 is 13.9 Å².